The highest BCUT2D eigenvalue weighted by molar-refractivity contribution is 5.65. The summed E-state index contributed by atoms with van der Waals surface area (Å²) in [5.41, 5.74) is 3.49. The molecule has 0 atom stereocenters. The SMILES string of the molecule is O=C(O)N(Cc1ccccc1)C1CN(C(c2ccccc2)c2ccccc2)C1. The van der Waals surface area contributed by atoms with Crippen molar-refractivity contribution in [3.63, 3.8) is 0 Å². The van der Waals surface area contributed by atoms with E-state index in [-0.39, 0.29) is 12.1 Å². The minimum absolute atomic E-state index is 0.00707. The average molecular weight is 372 g/mol. The molecule has 0 spiro atoms. The molecule has 142 valence electrons. The number of carbonyl (C=O) groups is 1. The zero-order valence-electron chi connectivity index (χ0n) is 15.7. The van der Waals surface area contributed by atoms with Gasteiger partial charge in [-0.05, 0) is 16.7 Å². The predicted molar refractivity (Wildman–Crippen MR) is 110 cm³/mol. The van der Waals surface area contributed by atoms with Gasteiger partial charge < -0.3 is 5.11 Å². The monoisotopic (exact) mass is 372 g/mol. The fourth-order valence-corrected chi connectivity index (χ4v) is 3.91. The molecule has 1 saturated heterocycles. The number of rotatable bonds is 6. The summed E-state index contributed by atoms with van der Waals surface area (Å²) < 4.78 is 0. The molecule has 0 unspecified atom stereocenters. The standard InChI is InChI=1S/C24H24N2O2/c27-24(28)26(16-19-10-4-1-5-11-19)22-17-25(18-22)23(20-12-6-2-7-13-20)21-14-8-3-9-15-21/h1-15,22-23H,16-18H2,(H,27,28). The van der Waals surface area contributed by atoms with Gasteiger partial charge in [0.25, 0.3) is 0 Å². The Morgan fingerprint density at radius 3 is 1.79 bits per heavy atom. The maximum absolute atomic E-state index is 11.9. The lowest BCUT2D eigenvalue weighted by Crippen LogP contribution is -2.61. The topological polar surface area (TPSA) is 43.8 Å². The molecule has 3 aromatic carbocycles. The van der Waals surface area contributed by atoms with Crippen LogP contribution in [0, 0.1) is 0 Å². The van der Waals surface area contributed by atoms with Gasteiger partial charge in [0, 0.05) is 19.6 Å². The Kier molecular flexibility index (Phi) is 5.40. The lowest BCUT2D eigenvalue weighted by molar-refractivity contribution is 0.0154. The molecular formula is C24H24N2O2. The lowest BCUT2D eigenvalue weighted by Gasteiger charge is -2.48. The molecular weight excluding hydrogens is 348 g/mol. The van der Waals surface area contributed by atoms with Crippen LogP contribution in [0.3, 0.4) is 0 Å². The number of carboxylic acid groups (broad SMARTS) is 1. The van der Waals surface area contributed by atoms with Crippen LogP contribution in [0.25, 0.3) is 0 Å². The second-order valence-electron chi connectivity index (χ2n) is 7.23. The van der Waals surface area contributed by atoms with Crippen LogP contribution in [-0.4, -0.2) is 40.1 Å². The first-order chi connectivity index (χ1) is 13.7. The van der Waals surface area contributed by atoms with Gasteiger partial charge in [0.15, 0.2) is 0 Å². The number of likely N-dealkylation sites (tertiary alicyclic amines) is 1. The molecule has 1 heterocycles. The van der Waals surface area contributed by atoms with E-state index >= 15 is 0 Å². The Morgan fingerprint density at radius 1 is 0.857 bits per heavy atom. The van der Waals surface area contributed by atoms with Crippen LogP contribution in [0.5, 0.6) is 0 Å². The third-order valence-corrected chi connectivity index (χ3v) is 5.37. The first-order valence-corrected chi connectivity index (χ1v) is 9.60. The van der Waals surface area contributed by atoms with Gasteiger partial charge in [-0.15, -0.1) is 0 Å². The van der Waals surface area contributed by atoms with Gasteiger partial charge in [-0.2, -0.15) is 0 Å². The van der Waals surface area contributed by atoms with Crippen LogP contribution in [-0.2, 0) is 6.54 Å². The molecule has 1 amide bonds. The van der Waals surface area contributed by atoms with E-state index in [9.17, 15) is 9.90 Å². The number of hydrogen-bond donors (Lipinski definition) is 1. The van der Waals surface area contributed by atoms with Crippen molar-refractivity contribution in [2.75, 3.05) is 13.1 Å². The molecule has 28 heavy (non-hydrogen) atoms. The number of amides is 1. The summed E-state index contributed by atoms with van der Waals surface area (Å²) in [5, 5.41) is 9.74. The number of benzene rings is 3. The maximum atomic E-state index is 11.9. The molecule has 0 aliphatic carbocycles. The fourth-order valence-electron chi connectivity index (χ4n) is 3.91. The first-order valence-electron chi connectivity index (χ1n) is 9.60. The van der Waals surface area contributed by atoms with Crippen molar-refractivity contribution in [2.24, 2.45) is 0 Å². The van der Waals surface area contributed by atoms with Gasteiger partial charge in [-0.1, -0.05) is 91.0 Å². The number of hydrogen-bond acceptors (Lipinski definition) is 2. The van der Waals surface area contributed by atoms with Crippen LogP contribution in [0.4, 0.5) is 4.79 Å². The van der Waals surface area contributed by atoms with Gasteiger partial charge in [0.05, 0.1) is 12.1 Å². The van der Waals surface area contributed by atoms with Crippen LogP contribution < -0.4 is 0 Å². The van der Waals surface area contributed by atoms with E-state index in [1.807, 2.05) is 42.5 Å². The molecule has 1 aliphatic heterocycles. The van der Waals surface area contributed by atoms with Crippen molar-refractivity contribution in [1.29, 1.82) is 0 Å². The summed E-state index contributed by atoms with van der Waals surface area (Å²) in [6.07, 6.45) is -0.857. The molecule has 4 nitrogen and oxygen atoms in total. The zero-order chi connectivity index (χ0) is 19.3. The van der Waals surface area contributed by atoms with Crippen molar-refractivity contribution >= 4 is 6.09 Å². The molecule has 4 rings (SSSR count). The van der Waals surface area contributed by atoms with E-state index in [0.29, 0.717) is 6.54 Å². The molecule has 1 N–H and O–H groups in total. The zero-order valence-corrected chi connectivity index (χ0v) is 15.7. The Morgan fingerprint density at radius 2 is 1.32 bits per heavy atom. The van der Waals surface area contributed by atoms with Crippen LogP contribution in [0.15, 0.2) is 91.0 Å². The van der Waals surface area contributed by atoms with Gasteiger partial charge in [0.2, 0.25) is 0 Å². The minimum atomic E-state index is -0.857. The van der Waals surface area contributed by atoms with Gasteiger partial charge in [0.1, 0.15) is 0 Å². The normalized spacial score (nSPS) is 14.6. The summed E-state index contributed by atoms with van der Waals surface area (Å²) in [6, 6.07) is 30.8. The Bertz CT molecular complexity index is 854. The predicted octanol–water partition coefficient (Wildman–Crippen LogP) is 4.64. The highest BCUT2D eigenvalue weighted by atomic mass is 16.4. The van der Waals surface area contributed by atoms with Gasteiger partial charge in [-0.25, -0.2) is 4.79 Å². The van der Waals surface area contributed by atoms with E-state index in [1.54, 1.807) is 4.90 Å². The van der Waals surface area contributed by atoms with Crippen molar-refractivity contribution in [2.45, 2.75) is 18.6 Å². The van der Waals surface area contributed by atoms with Crippen molar-refractivity contribution in [1.82, 2.24) is 9.80 Å². The largest absolute Gasteiger partial charge is 0.465 e. The Hall–Kier alpha value is -3.11. The second kappa shape index (κ2) is 8.28. The van der Waals surface area contributed by atoms with E-state index in [0.717, 1.165) is 18.7 Å². The first kappa shape index (κ1) is 18.3. The summed E-state index contributed by atoms with van der Waals surface area (Å²) >= 11 is 0. The molecule has 1 fully saturated rings. The van der Waals surface area contributed by atoms with Gasteiger partial charge >= 0.3 is 6.09 Å². The van der Waals surface area contributed by atoms with Crippen molar-refractivity contribution < 1.29 is 9.90 Å². The van der Waals surface area contributed by atoms with Crippen LogP contribution in [0.2, 0.25) is 0 Å². The highest BCUT2D eigenvalue weighted by Crippen LogP contribution is 2.33. The molecule has 0 saturated carbocycles. The van der Waals surface area contributed by atoms with E-state index < -0.39 is 6.09 Å². The second-order valence-corrected chi connectivity index (χ2v) is 7.23. The Balaban J connectivity index is 1.51. The lowest BCUT2D eigenvalue weighted by atomic mass is 9.92. The third-order valence-electron chi connectivity index (χ3n) is 5.37. The van der Waals surface area contributed by atoms with E-state index in [2.05, 4.69) is 53.4 Å². The molecule has 3 aromatic rings. The smallest absolute Gasteiger partial charge is 0.407 e. The summed E-state index contributed by atoms with van der Waals surface area (Å²) in [6.45, 7) is 1.89. The van der Waals surface area contributed by atoms with Crippen molar-refractivity contribution in [3.05, 3.63) is 108 Å². The molecule has 1 aliphatic rings. The molecule has 4 heteroatoms. The number of nitrogens with zero attached hydrogens (tertiary/aromatic N) is 2. The van der Waals surface area contributed by atoms with Crippen LogP contribution in [0.1, 0.15) is 22.7 Å². The molecule has 0 radical (unpaired) electrons. The van der Waals surface area contributed by atoms with Crippen LogP contribution >= 0.6 is 0 Å². The van der Waals surface area contributed by atoms with E-state index in [4.69, 9.17) is 0 Å². The minimum Gasteiger partial charge on any atom is -0.465 e. The average Bonchev–Trinajstić information content (AvgIpc) is 2.71. The summed E-state index contributed by atoms with van der Waals surface area (Å²) in [4.78, 5) is 15.8. The fraction of sp³-hybridized carbons (Fsp3) is 0.208. The quantitative estimate of drug-likeness (QED) is 0.685. The maximum Gasteiger partial charge on any atom is 0.407 e. The van der Waals surface area contributed by atoms with E-state index in [1.165, 1.54) is 11.1 Å². The summed E-state index contributed by atoms with van der Waals surface area (Å²) in [7, 11) is 0. The van der Waals surface area contributed by atoms with Crippen molar-refractivity contribution in [3.8, 4) is 0 Å². The molecule has 0 aromatic heterocycles. The summed E-state index contributed by atoms with van der Waals surface area (Å²) in [5.74, 6) is 0. The highest BCUT2D eigenvalue weighted by Gasteiger charge is 2.39. The molecule has 0 bridgehead atoms. The third kappa shape index (κ3) is 3.92. The van der Waals surface area contributed by atoms with Gasteiger partial charge in [-0.3, -0.25) is 9.80 Å². The Labute approximate surface area is 165 Å².